The number of nitrogens with one attached hydrogen (secondary N) is 1. The Morgan fingerprint density at radius 3 is 2.91 bits per heavy atom. The van der Waals surface area contributed by atoms with Gasteiger partial charge in [0, 0.05) is 29.4 Å². The molecule has 2 N–H and O–H groups in total. The molecule has 0 aliphatic heterocycles. The van der Waals surface area contributed by atoms with Crippen molar-refractivity contribution in [2.24, 2.45) is 5.92 Å². The van der Waals surface area contributed by atoms with Gasteiger partial charge in [-0.05, 0) is 42.6 Å². The SMILES string of the molecule is O=C(Nc1cccc(/C(O)=C\c2ccnc(Cl)n2)c1)C1CC1. The molecule has 0 saturated heterocycles. The van der Waals surface area contributed by atoms with Crippen LogP contribution >= 0.6 is 11.6 Å². The van der Waals surface area contributed by atoms with Gasteiger partial charge < -0.3 is 10.4 Å². The van der Waals surface area contributed by atoms with E-state index in [1.54, 1.807) is 30.3 Å². The van der Waals surface area contributed by atoms with Gasteiger partial charge in [-0.1, -0.05) is 12.1 Å². The number of aliphatic hydroxyl groups is 1. The zero-order valence-electron chi connectivity index (χ0n) is 11.7. The highest BCUT2D eigenvalue weighted by Gasteiger charge is 2.29. The molecule has 1 aromatic heterocycles. The van der Waals surface area contributed by atoms with E-state index in [9.17, 15) is 9.90 Å². The number of aliphatic hydroxyl groups excluding tert-OH is 1. The minimum atomic E-state index is 0.0307. The normalized spacial score (nSPS) is 14.7. The first-order valence-electron chi connectivity index (χ1n) is 6.92. The van der Waals surface area contributed by atoms with Gasteiger partial charge in [-0.2, -0.15) is 0 Å². The van der Waals surface area contributed by atoms with Crippen LogP contribution in [0.1, 0.15) is 24.1 Å². The smallest absolute Gasteiger partial charge is 0.227 e. The molecule has 0 spiro atoms. The van der Waals surface area contributed by atoms with Crippen molar-refractivity contribution in [3.63, 3.8) is 0 Å². The standard InChI is InChI=1S/C16H14ClN3O2/c17-16-18-7-6-13(20-16)9-14(21)11-2-1-3-12(8-11)19-15(22)10-4-5-10/h1-3,6-10,21H,4-5H2,(H,19,22)/b14-9+. The number of carbonyl (C=O) groups excluding carboxylic acids is 1. The lowest BCUT2D eigenvalue weighted by molar-refractivity contribution is -0.117. The Balaban J connectivity index is 1.79. The first-order valence-corrected chi connectivity index (χ1v) is 7.30. The number of nitrogens with zero attached hydrogens (tertiary/aromatic N) is 2. The molecule has 1 aliphatic carbocycles. The number of anilines is 1. The van der Waals surface area contributed by atoms with Crippen LogP contribution in [-0.4, -0.2) is 21.0 Å². The van der Waals surface area contributed by atoms with Crippen molar-refractivity contribution in [1.82, 2.24) is 9.97 Å². The minimum Gasteiger partial charge on any atom is -0.507 e. The van der Waals surface area contributed by atoms with Gasteiger partial charge in [0.05, 0.1) is 5.69 Å². The Labute approximate surface area is 132 Å². The van der Waals surface area contributed by atoms with Crippen LogP contribution in [0.5, 0.6) is 0 Å². The van der Waals surface area contributed by atoms with Gasteiger partial charge in [-0.25, -0.2) is 9.97 Å². The van der Waals surface area contributed by atoms with Crippen molar-refractivity contribution in [3.05, 3.63) is 53.1 Å². The summed E-state index contributed by atoms with van der Waals surface area (Å²) in [6.45, 7) is 0. The van der Waals surface area contributed by atoms with Crippen LogP contribution in [0.4, 0.5) is 5.69 Å². The molecule has 1 heterocycles. The molecule has 1 aromatic carbocycles. The molecule has 22 heavy (non-hydrogen) atoms. The lowest BCUT2D eigenvalue weighted by Gasteiger charge is -2.06. The quantitative estimate of drug-likeness (QED) is 0.668. The second-order valence-corrected chi connectivity index (χ2v) is 5.46. The van der Waals surface area contributed by atoms with Crippen LogP contribution in [-0.2, 0) is 4.79 Å². The van der Waals surface area contributed by atoms with Gasteiger partial charge in [0.15, 0.2) is 0 Å². The Kier molecular flexibility index (Phi) is 4.06. The number of rotatable bonds is 4. The third kappa shape index (κ3) is 3.62. The number of halogens is 1. The number of benzene rings is 1. The molecular weight excluding hydrogens is 302 g/mol. The fraction of sp³-hybridized carbons (Fsp3) is 0.188. The van der Waals surface area contributed by atoms with Crippen molar-refractivity contribution in [2.45, 2.75) is 12.8 Å². The second-order valence-electron chi connectivity index (χ2n) is 5.12. The molecule has 0 radical (unpaired) electrons. The Bertz CT molecular complexity index is 742. The summed E-state index contributed by atoms with van der Waals surface area (Å²) in [4.78, 5) is 19.5. The van der Waals surface area contributed by atoms with Crippen LogP contribution in [0, 0.1) is 5.92 Å². The summed E-state index contributed by atoms with van der Waals surface area (Å²) in [6, 6.07) is 8.67. The highest BCUT2D eigenvalue weighted by atomic mass is 35.5. The lowest BCUT2D eigenvalue weighted by Crippen LogP contribution is -2.13. The van der Waals surface area contributed by atoms with E-state index >= 15 is 0 Å². The van der Waals surface area contributed by atoms with Gasteiger partial charge in [0.2, 0.25) is 11.2 Å². The van der Waals surface area contributed by atoms with Crippen LogP contribution in [0.3, 0.4) is 0 Å². The molecule has 1 amide bonds. The summed E-state index contributed by atoms with van der Waals surface area (Å²) in [5, 5.41) is 13.2. The summed E-state index contributed by atoms with van der Waals surface area (Å²) in [7, 11) is 0. The molecule has 0 atom stereocenters. The Morgan fingerprint density at radius 1 is 1.36 bits per heavy atom. The van der Waals surface area contributed by atoms with Crippen molar-refractivity contribution >= 4 is 35.0 Å². The van der Waals surface area contributed by atoms with Gasteiger partial charge in [-0.15, -0.1) is 0 Å². The number of carbonyl (C=O) groups is 1. The van der Waals surface area contributed by atoms with Gasteiger partial charge >= 0.3 is 0 Å². The second kappa shape index (κ2) is 6.15. The highest BCUT2D eigenvalue weighted by Crippen LogP contribution is 2.30. The average molecular weight is 316 g/mol. The molecule has 0 unspecified atom stereocenters. The van der Waals surface area contributed by atoms with Crippen LogP contribution in [0.2, 0.25) is 5.28 Å². The van der Waals surface area contributed by atoms with E-state index in [1.807, 2.05) is 0 Å². The number of amides is 1. The van der Waals surface area contributed by atoms with E-state index in [4.69, 9.17) is 11.6 Å². The highest BCUT2D eigenvalue weighted by molar-refractivity contribution is 6.28. The molecule has 6 heteroatoms. The van der Waals surface area contributed by atoms with Crippen molar-refractivity contribution < 1.29 is 9.90 Å². The maximum absolute atomic E-state index is 11.8. The summed E-state index contributed by atoms with van der Waals surface area (Å²) < 4.78 is 0. The fourth-order valence-electron chi connectivity index (χ4n) is 2.00. The van der Waals surface area contributed by atoms with E-state index in [0.29, 0.717) is 16.9 Å². The van der Waals surface area contributed by atoms with Gasteiger partial charge in [0.1, 0.15) is 5.76 Å². The largest absolute Gasteiger partial charge is 0.507 e. The van der Waals surface area contributed by atoms with E-state index < -0.39 is 0 Å². The molecule has 3 rings (SSSR count). The zero-order chi connectivity index (χ0) is 15.5. The fourth-order valence-corrected chi connectivity index (χ4v) is 2.15. The van der Waals surface area contributed by atoms with Crippen LogP contribution < -0.4 is 5.32 Å². The molecule has 1 saturated carbocycles. The molecule has 2 aromatic rings. The van der Waals surface area contributed by atoms with Crippen molar-refractivity contribution in [2.75, 3.05) is 5.32 Å². The van der Waals surface area contributed by atoms with Crippen LogP contribution in [0.25, 0.3) is 11.8 Å². The zero-order valence-corrected chi connectivity index (χ0v) is 12.4. The predicted octanol–water partition coefficient (Wildman–Crippen LogP) is 3.53. The molecule has 0 bridgehead atoms. The van der Waals surface area contributed by atoms with Crippen LogP contribution in [0.15, 0.2) is 36.5 Å². The maximum Gasteiger partial charge on any atom is 0.227 e. The lowest BCUT2D eigenvalue weighted by atomic mass is 10.1. The Morgan fingerprint density at radius 2 is 2.18 bits per heavy atom. The summed E-state index contributed by atoms with van der Waals surface area (Å²) in [5.74, 6) is 0.205. The van der Waals surface area contributed by atoms with Crippen molar-refractivity contribution in [1.29, 1.82) is 0 Å². The van der Waals surface area contributed by atoms with E-state index in [-0.39, 0.29) is 22.9 Å². The van der Waals surface area contributed by atoms with Gasteiger partial charge in [0.25, 0.3) is 0 Å². The first kappa shape index (κ1) is 14.5. The molecule has 5 nitrogen and oxygen atoms in total. The Hall–Kier alpha value is -2.40. The molecule has 1 fully saturated rings. The van der Waals surface area contributed by atoms with E-state index in [0.717, 1.165) is 12.8 Å². The number of aromatic nitrogens is 2. The number of hydrogen-bond donors (Lipinski definition) is 2. The first-order chi connectivity index (χ1) is 10.6. The summed E-state index contributed by atoms with van der Waals surface area (Å²) >= 11 is 5.71. The predicted molar refractivity (Wildman–Crippen MR) is 85.3 cm³/mol. The molecular formula is C16H14ClN3O2. The van der Waals surface area contributed by atoms with Gasteiger partial charge in [-0.3, -0.25) is 4.79 Å². The minimum absolute atomic E-state index is 0.0307. The average Bonchev–Trinajstić information content (AvgIpc) is 3.32. The summed E-state index contributed by atoms with van der Waals surface area (Å²) in [5.41, 5.74) is 1.75. The maximum atomic E-state index is 11.8. The summed E-state index contributed by atoms with van der Waals surface area (Å²) in [6.07, 6.45) is 4.91. The monoisotopic (exact) mass is 315 g/mol. The molecule has 1 aliphatic rings. The third-order valence-corrected chi connectivity index (χ3v) is 3.49. The third-order valence-electron chi connectivity index (χ3n) is 3.31. The van der Waals surface area contributed by atoms with Crippen molar-refractivity contribution in [3.8, 4) is 0 Å². The van der Waals surface area contributed by atoms with E-state index in [1.165, 1.54) is 12.3 Å². The topological polar surface area (TPSA) is 75.1 Å². The number of hydrogen-bond acceptors (Lipinski definition) is 4. The van der Waals surface area contributed by atoms with E-state index in [2.05, 4.69) is 15.3 Å². The molecule has 112 valence electrons.